The number of hydrogen-bond acceptors (Lipinski definition) is 3. The monoisotopic (exact) mass is 444 g/mol. The Kier molecular flexibility index (Phi) is 8.43. The lowest BCUT2D eigenvalue weighted by atomic mass is 9.81. The summed E-state index contributed by atoms with van der Waals surface area (Å²) in [4.78, 5) is 4.83. The number of aryl methyl sites for hydroxylation is 2. The van der Waals surface area contributed by atoms with Gasteiger partial charge in [-0.15, -0.1) is 0 Å². The summed E-state index contributed by atoms with van der Waals surface area (Å²) < 4.78 is 0. The van der Waals surface area contributed by atoms with Crippen LogP contribution in [0.3, 0.4) is 0 Å². The molecule has 0 aromatic heterocycles. The van der Waals surface area contributed by atoms with Crippen molar-refractivity contribution >= 4 is 11.4 Å². The molecule has 3 aromatic rings. The first-order chi connectivity index (χ1) is 15.9. The van der Waals surface area contributed by atoms with Gasteiger partial charge in [0, 0.05) is 43.5 Å². The standard InChI is InChI=1S/C30H40N2O/c1-7-31(8-2)25-15-11-22(5)28(20-25)30(19-24-13-17-27(33)18-14-24)29-21-26(16-12-23(29)6)32(9-3)10-4/h11-18,20-21,30,33H,7-10,19H2,1-6H3. The molecule has 0 aliphatic carbocycles. The third-order valence-electron chi connectivity index (χ3n) is 6.91. The Hall–Kier alpha value is -2.94. The first-order valence-electron chi connectivity index (χ1n) is 12.4. The number of benzene rings is 3. The van der Waals surface area contributed by atoms with Crippen molar-refractivity contribution in [3.05, 3.63) is 88.5 Å². The molecule has 0 aliphatic heterocycles. The summed E-state index contributed by atoms with van der Waals surface area (Å²) in [6, 6.07) is 21.5. The second-order valence-electron chi connectivity index (χ2n) is 8.85. The van der Waals surface area contributed by atoms with Crippen molar-refractivity contribution in [1.82, 2.24) is 0 Å². The zero-order valence-corrected chi connectivity index (χ0v) is 21.2. The van der Waals surface area contributed by atoms with Gasteiger partial charge in [0.05, 0.1) is 0 Å². The smallest absolute Gasteiger partial charge is 0.115 e. The molecular weight excluding hydrogens is 404 g/mol. The predicted molar refractivity (Wildman–Crippen MR) is 143 cm³/mol. The number of nitrogens with zero attached hydrogens (tertiary/aromatic N) is 2. The van der Waals surface area contributed by atoms with Gasteiger partial charge in [-0.05, 0) is 112 Å². The quantitative estimate of drug-likeness (QED) is 0.362. The van der Waals surface area contributed by atoms with E-state index in [0.717, 1.165) is 32.6 Å². The Balaban J connectivity index is 2.17. The fourth-order valence-corrected chi connectivity index (χ4v) is 4.83. The molecule has 0 aliphatic rings. The molecule has 0 unspecified atom stereocenters. The highest BCUT2D eigenvalue weighted by molar-refractivity contribution is 5.57. The van der Waals surface area contributed by atoms with Crippen molar-refractivity contribution in [3.63, 3.8) is 0 Å². The minimum Gasteiger partial charge on any atom is -0.508 e. The van der Waals surface area contributed by atoms with Crippen LogP contribution in [0.15, 0.2) is 60.7 Å². The topological polar surface area (TPSA) is 26.7 Å². The average molecular weight is 445 g/mol. The zero-order chi connectivity index (χ0) is 24.0. The van der Waals surface area contributed by atoms with Gasteiger partial charge in [-0.2, -0.15) is 0 Å². The fraction of sp³-hybridized carbons (Fsp3) is 0.400. The zero-order valence-electron chi connectivity index (χ0n) is 21.2. The molecule has 0 heterocycles. The van der Waals surface area contributed by atoms with Crippen LogP contribution in [0.1, 0.15) is 61.4 Å². The number of phenols is 1. The molecule has 0 radical (unpaired) electrons. The number of anilines is 2. The first kappa shape index (κ1) is 24.7. The first-order valence-corrected chi connectivity index (χ1v) is 12.4. The van der Waals surface area contributed by atoms with E-state index < -0.39 is 0 Å². The third kappa shape index (κ3) is 5.71. The van der Waals surface area contributed by atoms with Crippen molar-refractivity contribution in [2.45, 2.75) is 53.9 Å². The lowest BCUT2D eigenvalue weighted by molar-refractivity contribution is 0.475. The van der Waals surface area contributed by atoms with Gasteiger partial charge in [0.15, 0.2) is 0 Å². The molecule has 176 valence electrons. The predicted octanol–water partition coefficient (Wildman–Crippen LogP) is 7.08. The number of phenolic OH excluding ortho intramolecular Hbond substituents is 1. The van der Waals surface area contributed by atoms with Crippen molar-refractivity contribution in [1.29, 1.82) is 0 Å². The average Bonchev–Trinajstić information content (AvgIpc) is 2.82. The molecule has 0 amide bonds. The van der Waals surface area contributed by atoms with Crippen molar-refractivity contribution in [2.75, 3.05) is 36.0 Å². The summed E-state index contributed by atoms with van der Waals surface area (Å²) in [6.45, 7) is 17.3. The van der Waals surface area contributed by atoms with E-state index in [2.05, 4.69) is 99.9 Å². The van der Waals surface area contributed by atoms with Crippen LogP contribution in [0.2, 0.25) is 0 Å². The number of rotatable bonds is 10. The second kappa shape index (κ2) is 11.3. The molecule has 3 heteroatoms. The van der Waals surface area contributed by atoms with Crippen LogP contribution in [0.5, 0.6) is 5.75 Å². The van der Waals surface area contributed by atoms with Crippen LogP contribution in [0.25, 0.3) is 0 Å². The summed E-state index contributed by atoms with van der Waals surface area (Å²) >= 11 is 0. The van der Waals surface area contributed by atoms with E-state index in [0.29, 0.717) is 5.75 Å². The maximum atomic E-state index is 9.81. The summed E-state index contributed by atoms with van der Waals surface area (Å²) in [5, 5.41) is 9.81. The number of aromatic hydroxyl groups is 1. The van der Waals surface area contributed by atoms with Gasteiger partial charge in [-0.1, -0.05) is 24.3 Å². The van der Waals surface area contributed by atoms with Gasteiger partial charge in [0.25, 0.3) is 0 Å². The Morgan fingerprint density at radius 2 is 1.06 bits per heavy atom. The molecule has 0 saturated carbocycles. The van der Waals surface area contributed by atoms with E-state index in [1.807, 2.05) is 0 Å². The Bertz CT molecular complexity index is 972. The maximum Gasteiger partial charge on any atom is 0.115 e. The van der Waals surface area contributed by atoms with Crippen LogP contribution in [0, 0.1) is 13.8 Å². The van der Waals surface area contributed by atoms with Crippen molar-refractivity contribution in [3.8, 4) is 5.75 Å². The van der Waals surface area contributed by atoms with Crippen LogP contribution in [-0.2, 0) is 6.42 Å². The fourth-order valence-electron chi connectivity index (χ4n) is 4.83. The van der Waals surface area contributed by atoms with E-state index in [-0.39, 0.29) is 5.92 Å². The van der Waals surface area contributed by atoms with Crippen LogP contribution >= 0.6 is 0 Å². The van der Waals surface area contributed by atoms with Crippen LogP contribution in [-0.4, -0.2) is 31.3 Å². The van der Waals surface area contributed by atoms with E-state index >= 15 is 0 Å². The molecule has 0 saturated heterocycles. The molecule has 3 rings (SSSR count). The summed E-state index contributed by atoms with van der Waals surface area (Å²) in [7, 11) is 0. The highest BCUT2D eigenvalue weighted by atomic mass is 16.3. The Labute approximate surface area is 200 Å². The van der Waals surface area contributed by atoms with Gasteiger partial charge in [-0.25, -0.2) is 0 Å². The molecule has 33 heavy (non-hydrogen) atoms. The summed E-state index contributed by atoms with van der Waals surface area (Å²) in [5.41, 5.74) is 9.21. The van der Waals surface area contributed by atoms with Crippen molar-refractivity contribution in [2.24, 2.45) is 0 Å². The minimum absolute atomic E-state index is 0.237. The van der Waals surface area contributed by atoms with E-state index in [4.69, 9.17) is 0 Å². The Morgan fingerprint density at radius 1 is 0.636 bits per heavy atom. The lowest BCUT2D eigenvalue weighted by Crippen LogP contribution is -2.23. The van der Waals surface area contributed by atoms with Crippen molar-refractivity contribution < 1.29 is 5.11 Å². The normalized spacial score (nSPS) is 11.1. The number of hydrogen-bond donors (Lipinski definition) is 1. The minimum atomic E-state index is 0.237. The van der Waals surface area contributed by atoms with Crippen LogP contribution < -0.4 is 9.80 Å². The molecule has 3 aromatic carbocycles. The largest absolute Gasteiger partial charge is 0.508 e. The highest BCUT2D eigenvalue weighted by Gasteiger charge is 2.21. The molecule has 0 spiro atoms. The second-order valence-corrected chi connectivity index (χ2v) is 8.85. The van der Waals surface area contributed by atoms with Gasteiger partial charge >= 0.3 is 0 Å². The van der Waals surface area contributed by atoms with Gasteiger partial charge < -0.3 is 14.9 Å². The van der Waals surface area contributed by atoms with Crippen LogP contribution in [0.4, 0.5) is 11.4 Å². The lowest BCUT2D eigenvalue weighted by Gasteiger charge is -2.28. The maximum absolute atomic E-state index is 9.81. The molecule has 0 atom stereocenters. The molecular formula is C30H40N2O. The molecule has 0 fully saturated rings. The van der Waals surface area contributed by atoms with E-state index in [1.54, 1.807) is 12.1 Å². The SMILES string of the molecule is CCN(CC)c1ccc(C)c(C(Cc2ccc(O)cc2)c2cc(N(CC)CC)ccc2C)c1. The third-order valence-corrected chi connectivity index (χ3v) is 6.91. The molecule has 3 nitrogen and oxygen atoms in total. The van der Waals surface area contributed by atoms with E-state index in [9.17, 15) is 5.11 Å². The van der Waals surface area contributed by atoms with E-state index in [1.165, 1.54) is 39.2 Å². The highest BCUT2D eigenvalue weighted by Crippen LogP contribution is 2.37. The van der Waals surface area contributed by atoms with Gasteiger partial charge in [-0.3, -0.25) is 0 Å². The van der Waals surface area contributed by atoms with Gasteiger partial charge in [0.2, 0.25) is 0 Å². The summed E-state index contributed by atoms with van der Waals surface area (Å²) in [6.07, 6.45) is 0.894. The molecule has 1 N–H and O–H groups in total. The Morgan fingerprint density at radius 3 is 1.45 bits per heavy atom. The van der Waals surface area contributed by atoms with Gasteiger partial charge in [0.1, 0.15) is 5.75 Å². The molecule has 0 bridgehead atoms. The summed E-state index contributed by atoms with van der Waals surface area (Å²) in [5.74, 6) is 0.551.